The zero-order chi connectivity index (χ0) is 40.1. The minimum Gasteiger partial charge on any atom is -0.444 e. The van der Waals surface area contributed by atoms with Crippen molar-refractivity contribution in [2.45, 2.75) is 51.7 Å². The van der Waals surface area contributed by atoms with E-state index in [2.05, 4.69) is 55.5 Å². The minimum atomic E-state index is -0.467. The number of rotatable bonds is 11. The van der Waals surface area contributed by atoms with Gasteiger partial charge in [-0.25, -0.2) is 18.4 Å². The highest BCUT2D eigenvalue weighted by atomic mass is 127. The van der Waals surface area contributed by atoms with Crippen LogP contribution in [-0.2, 0) is 22.3 Å². The number of carbonyl (C=O) groups is 2. The fourth-order valence-corrected chi connectivity index (χ4v) is 6.39. The number of carbonyl (C=O) groups excluding carboxylic acids is 2. The molecule has 0 bridgehead atoms. The lowest BCUT2D eigenvalue weighted by Gasteiger charge is -2.29. The molecule has 2 aromatic heterocycles. The van der Waals surface area contributed by atoms with Crippen LogP contribution in [-0.4, -0.2) is 103 Å². The van der Waals surface area contributed by atoms with Gasteiger partial charge in [0.05, 0.1) is 60.3 Å². The Bertz CT molecular complexity index is 1970. The molecular weight excluding hydrogens is 857 g/mol. The molecule has 16 nitrogen and oxygen atoms in total. The zero-order valence-electron chi connectivity index (χ0n) is 31.7. The standard InChI is InChI=1S/C19H22FN5O3.C17H18FN5O3.C2H5I/c1-2-24-9-8-23(13-21-24)18-6-4-15(11-17(18)20)25-12-16(28-19(25)26)5-3-14-7-10-27-22-14;18-15-9-13(2-4-16(15)22-7-6-19-20-11-22)23-10-14(26-17(23)24)3-1-12-5-8-25-21-12;1-2-3/h4,6-7,10-11,13,16H,2-3,5,8-9,12H2,1H3;2,4-5,8-9,11,14,19H,1,3,6-7,10H2;2H2,1H3/t16-;14-;/m00./s1. The van der Waals surface area contributed by atoms with E-state index in [-0.39, 0.29) is 12.2 Å². The summed E-state index contributed by atoms with van der Waals surface area (Å²) in [5.41, 5.74) is 6.28. The monoisotopic (exact) mass is 902 g/mol. The van der Waals surface area contributed by atoms with E-state index in [4.69, 9.17) is 18.5 Å². The van der Waals surface area contributed by atoms with Crippen molar-refractivity contribution in [3.63, 3.8) is 0 Å². The number of hydrogen-bond acceptors (Lipinski definition) is 14. The average Bonchev–Trinajstić information content (AvgIpc) is 4.06. The van der Waals surface area contributed by atoms with E-state index in [9.17, 15) is 18.4 Å². The molecule has 0 spiro atoms. The Hall–Kier alpha value is -5.47. The van der Waals surface area contributed by atoms with E-state index in [1.807, 2.05) is 11.9 Å². The van der Waals surface area contributed by atoms with E-state index in [0.717, 1.165) is 24.5 Å². The quantitative estimate of drug-likeness (QED) is 0.130. The molecule has 2 saturated heterocycles. The van der Waals surface area contributed by atoms with Gasteiger partial charge in [0.25, 0.3) is 0 Å². The Morgan fingerprint density at radius 2 is 1.28 bits per heavy atom. The fourth-order valence-electron chi connectivity index (χ4n) is 6.39. The summed E-state index contributed by atoms with van der Waals surface area (Å²) in [4.78, 5) is 30.8. The summed E-state index contributed by atoms with van der Waals surface area (Å²) >= 11 is 2.29. The normalized spacial score (nSPS) is 18.8. The van der Waals surface area contributed by atoms with Crippen molar-refractivity contribution in [2.24, 2.45) is 10.2 Å². The van der Waals surface area contributed by atoms with Crippen LogP contribution in [0.15, 0.2) is 80.3 Å². The summed E-state index contributed by atoms with van der Waals surface area (Å²) in [5, 5.41) is 17.8. The number of hydrazone groups is 2. The van der Waals surface area contributed by atoms with Crippen molar-refractivity contribution in [3.05, 3.63) is 84.1 Å². The Morgan fingerprint density at radius 1 is 0.754 bits per heavy atom. The topological polar surface area (TPSA) is 158 Å². The number of amides is 2. The van der Waals surface area contributed by atoms with Gasteiger partial charge < -0.3 is 33.7 Å². The van der Waals surface area contributed by atoms with E-state index >= 15 is 0 Å². The largest absolute Gasteiger partial charge is 0.444 e. The van der Waals surface area contributed by atoms with Gasteiger partial charge in [0.2, 0.25) is 0 Å². The third-order valence-electron chi connectivity index (χ3n) is 9.35. The molecular formula is C38H45F2IN10O6. The SMILES string of the molecule is CCI.CCN1CCN(c2ccc(N3C[C@H](CCc4ccon4)OC3=O)cc2F)C=N1.O=C1O[C@@H](CCc2ccon2)CN1c1ccc(N2C=NNCC2)c(F)c1. The number of hydrogen-bond donors (Lipinski definition) is 1. The van der Waals surface area contributed by atoms with Crippen LogP contribution in [0.5, 0.6) is 0 Å². The van der Waals surface area contributed by atoms with Crippen molar-refractivity contribution in [3.8, 4) is 0 Å². The highest BCUT2D eigenvalue weighted by Crippen LogP contribution is 2.30. The molecule has 8 rings (SSSR count). The Balaban J connectivity index is 0.000000181. The molecule has 6 heterocycles. The number of likely N-dealkylation sites (N-methyl/N-ethyl adjacent to an activating group) is 1. The van der Waals surface area contributed by atoms with Crippen LogP contribution in [0.25, 0.3) is 0 Å². The average molecular weight is 903 g/mol. The van der Waals surface area contributed by atoms with Crippen molar-refractivity contribution in [2.75, 3.05) is 69.8 Å². The molecule has 2 atom stereocenters. The second-order valence-corrected chi connectivity index (χ2v) is 14.7. The van der Waals surface area contributed by atoms with Crippen LogP contribution in [0.3, 0.4) is 0 Å². The minimum absolute atomic E-state index is 0.262. The number of aromatic nitrogens is 2. The van der Waals surface area contributed by atoms with Crippen molar-refractivity contribution in [1.82, 2.24) is 20.7 Å². The summed E-state index contributed by atoms with van der Waals surface area (Å²) in [6.45, 7) is 8.37. The van der Waals surface area contributed by atoms with Gasteiger partial charge in [0.1, 0.15) is 49.0 Å². The third-order valence-corrected chi connectivity index (χ3v) is 9.35. The van der Waals surface area contributed by atoms with Crippen LogP contribution in [0.1, 0.15) is 38.1 Å². The van der Waals surface area contributed by atoms with Crippen LogP contribution in [0, 0.1) is 11.6 Å². The molecule has 0 aliphatic carbocycles. The Labute approximate surface area is 342 Å². The smallest absolute Gasteiger partial charge is 0.414 e. The summed E-state index contributed by atoms with van der Waals surface area (Å²) in [6.07, 6.45) is 7.32. The predicted molar refractivity (Wildman–Crippen MR) is 219 cm³/mol. The van der Waals surface area contributed by atoms with Crippen LogP contribution < -0.4 is 25.0 Å². The molecule has 0 radical (unpaired) electrons. The summed E-state index contributed by atoms with van der Waals surface area (Å²) in [5.74, 6) is -0.803. The van der Waals surface area contributed by atoms with E-state index in [1.165, 1.54) is 38.9 Å². The predicted octanol–water partition coefficient (Wildman–Crippen LogP) is 6.42. The number of aryl methyl sites for hydroxylation is 2. The third kappa shape index (κ3) is 10.9. The van der Waals surface area contributed by atoms with Gasteiger partial charge in [-0.2, -0.15) is 10.2 Å². The number of nitrogens with one attached hydrogen (secondary N) is 1. The van der Waals surface area contributed by atoms with Crippen molar-refractivity contribution in [1.29, 1.82) is 0 Å². The van der Waals surface area contributed by atoms with E-state index < -0.39 is 23.8 Å². The number of alkyl halides is 1. The molecule has 2 amide bonds. The molecule has 2 aromatic carbocycles. The van der Waals surface area contributed by atoms with Gasteiger partial charge >= 0.3 is 12.2 Å². The highest BCUT2D eigenvalue weighted by Gasteiger charge is 2.34. The molecule has 0 unspecified atom stereocenters. The molecule has 4 aliphatic heterocycles. The molecule has 57 heavy (non-hydrogen) atoms. The molecule has 19 heteroatoms. The first kappa shape index (κ1) is 41.2. The number of anilines is 4. The molecule has 0 saturated carbocycles. The molecule has 4 aliphatic rings. The van der Waals surface area contributed by atoms with Crippen LogP contribution >= 0.6 is 22.6 Å². The second kappa shape index (κ2) is 20.1. The number of ether oxygens (including phenoxy) is 2. The molecule has 2 fully saturated rings. The fraction of sp³-hybridized carbons (Fsp3) is 0.421. The van der Waals surface area contributed by atoms with E-state index in [0.29, 0.717) is 81.2 Å². The Kier molecular flexibility index (Phi) is 14.5. The first-order valence-corrected chi connectivity index (χ1v) is 20.3. The zero-order valence-corrected chi connectivity index (χ0v) is 33.8. The Morgan fingerprint density at radius 3 is 1.68 bits per heavy atom. The van der Waals surface area contributed by atoms with Gasteiger partial charge in [-0.05, 0) is 73.4 Å². The molecule has 4 aromatic rings. The summed E-state index contributed by atoms with van der Waals surface area (Å²) in [7, 11) is 0. The van der Waals surface area contributed by atoms with Gasteiger partial charge in [-0.15, -0.1) is 0 Å². The lowest BCUT2D eigenvalue weighted by molar-refractivity contribution is 0.136. The van der Waals surface area contributed by atoms with Crippen LogP contribution in [0.4, 0.5) is 41.1 Å². The first-order chi connectivity index (χ1) is 27.8. The molecule has 1 N–H and O–H groups in total. The summed E-state index contributed by atoms with van der Waals surface area (Å²) in [6, 6.07) is 13.1. The maximum atomic E-state index is 14.7. The second-order valence-electron chi connectivity index (χ2n) is 13.1. The van der Waals surface area contributed by atoms with Gasteiger partial charge in [0, 0.05) is 31.8 Å². The van der Waals surface area contributed by atoms with Crippen LogP contribution in [0.2, 0.25) is 0 Å². The van der Waals surface area contributed by atoms with Gasteiger partial charge in [-0.3, -0.25) is 14.8 Å². The van der Waals surface area contributed by atoms with Crippen molar-refractivity contribution < 1.29 is 36.9 Å². The summed E-state index contributed by atoms with van der Waals surface area (Å²) < 4.78 is 50.8. The maximum Gasteiger partial charge on any atom is 0.414 e. The van der Waals surface area contributed by atoms with Gasteiger partial charge in [0.15, 0.2) is 0 Å². The van der Waals surface area contributed by atoms with E-state index in [1.54, 1.807) is 58.9 Å². The first-order valence-electron chi connectivity index (χ1n) is 18.7. The van der Waals surface area contributed by atoms with Gasteiger partial charge in [-0.1, -0.05) is 39.8 Å². The number of nitrogens with zero attached hydrogens (tertiary/aromatic N) is 9. The number of benzene rings is 2. The lowest BCUT2D eigenvalue weighted by atomic mass is 10.1. The number of cyclic esters (lactones) is 2. The lowest BCUT2D eigenvalue weighted by Crippen LogP contribution is -2.38. The van der Waals surface area contributed by atoms with Crippen molar-refractivity contribution >= 4 is 70.2 Å². The molecule has 304 valence electrons. The maximum absolute atomic E-state index is 14.7. The number of halogens is 3. The highest BCUT2D eigenvalue weighted by molar-refractivity contribution is 14.1.